The lowest BCUT2D eigenvalue weighted by Gasteiger charge is -2.04. The lowest BCUT2D eigenvalue weighted by Crippen LogP contribution is -2.04. The summed E-state index contributed by atoms with van der Waals surface area (Å²) in [6.07, 6.45) is 3.21. The Morgan fingerprint density at radius 3 is 2.94 bits per heavy atom. The van der Waals surface area contributed by atoms with Gasteiger partial charge in [0.1, 0.15) is 0 Å². The van der Waals surface area contributed by atoms with Gasteiger partial charge in [-0.25, -0.2) is 0 Å². The number of aryl methyl sites for hydroxylation is 1. The SMILES string of the molecule is CNCc1cn(CCCOC)c2cc(Cl)ccc12. The van der Waals surface area contributed by atoms with Crippen LogP contribution in [0.2, 0.25) is 5.02 Å². The van der Waals surface area contributed by atoms with Gasteiger partial charge < -0.3 is 14.6 Å². The van der Waals surface area contributed by atoms with E-state index in [1.165, 1.54) is 16.5 Å². The summed E-state index contributed by atoms with van der Waals surface area (Å²) in [6.45, 7) is 2.60. The first kappa shape index (κ1) is 13.4. The Hall–Kier alpha value is -1.03. The predicted molar refractivity (Wildman–Crippen MR) is 76.2 cm³/mol. The molecule has 0 radical (unpaired) electrons. The zero-order valence-electron chi connectivity index (χ0n) is 10.9. The third-order valence-corrected chi connectivity index (χ3v) is 3.28. The van der Waals surface area contributed by atoms with Crippen molar-refractivity contribution in [1.29, 1.82) is 0 Å². The highest BCUT2D eigenvalue weighted by atomic mass is 35.5. The van der Waals surface area contributed by atoms with Crippen molar-refractivity contribution < 1.29 is 4.74 Å². The second-order valence-electron chi connectivity index (χ2n) is 4.39. The van der Waals surface area contributed by atoms with Crippen molar-refractivity contribution in [3.8, 4) is 0 Å². The molecular formula is C14H19ClN2O. The van der Waals surface area contributed by atoms with Crippen LogP contribution in [0, 0.1) is 0 Å². The van der Waals surface area contributed by atoms with E-state index in [-0.39, 0.29) is 0 Å². The van der Waals surface area contributed by atoms with E-state index >= 15 is 0 Å². The molecular weight excluding hydrogens is 248 g/mol. The summed E-state index contributed by atoms with van der Waals surface area (Å²) in [5.74, 6) is 0. The van der Waals surface area contributed by atoms with Crippen molar-refractivity contribution >= 4 is 22.5 Å². The molecule has 1 heterocycles. The molecule has 2 aromatic rings. The van der Waals surface area contributed by atoms with Crippen LogP contribution in [0.5, 0.6) is 0 Å². The van der Waals surface area contributed by atoms with E-state index in [4.69, 9.17) is 16.3 Å². The Morgan fingerprint density at radius 2 is 2.22 bits per heavy atom. The lowest BCUT2D eigenvalue weighted by molar-refractivity contribution is 0.190. The van der Waals surface area contributed by atoms with Gasteiger partial charge in [-0.3, -0.25) is 0 Å². The van der Waals surface area contributed by atoms with Crippen LogP contribution in [0.15, 0.2) is 24.4 Å². The van der Waals surface area contributed by atoms with Crippen molar-refractivity contribution in [1.82, 2.24) is 9.88 Å². The largest absolute Gasteiger partial charge is 0.385 e. The molecule has 0 aliphatic rings. The van der Waals surface area contributed by atoms with Crippen LogP contribution in [0.25, 0.3) is 10.9 Å². The van der Waals surface area contributed by atoms with Gasteiger partial charge in [-0.05, 0) is 31.2 Å². The number of fused-ring (bicyclic) bond motifs is 1. The molecule has 0 unspecified atom stereocenters. The molecule has 0 amide bonds. The molecule has 0 bridgehead atoms. The van der Waals surface area contributed by atoms with Crippen molar-refractivity contribution in [2.24, 2.45) is 0 Å². The van der Waals surface area contributed by atoms with Gasteiger partial charge in [-0.15, -0.1) is 0 Å². The minimum atomic E-state index is 0.779. The van der Waals surface area contributed by atoms with E-state index in [2.05, 4.69) is 22.1 Å². The van der Waals surface area contributed by atoms with Crippen LogP contribution in [0.3, 0.4) is 0 Å². The number of benzene rings is 1. The van der Waals surface area contributed by atoms with Gasteiger partial charge in [0, 0.05) is 48.9 Å². The summed E-state index contributed by atoms with van der Waals surface area (Å²) in [6, 6.07) is 6.07. The summed E-state index contributed by atoms with van der Waals surface area (Å²) in [7, 11) is 3.70. The normalized spacial score (nSPS) is 11.3. The number of ether oxygens (including phenoxy) is 1. The number of hydrogen-bond acceptors (Lipinski definition) is 2. The highest BCUT2D eigenvalue weighted by molar-refractivity contribution is 6.31. The molecule has 0 saturated heterocycles. The predicted octanol–water partition coefficient (Wildman–Crippen LogP) is 3.05. The minimum absolute atomic E-state index is 0.779. The Kier molecular flexibility index (Phi) is 4.64. The summed E-state index contributed by atoms with van der Waals surface area (Å²) in [5, 5.41) is 5.25. The van der Waals surface area contributed by atoms with Gasteiger partial charge in [0.15, 0.2) is 0 Å². The number of nitrogens with zero attached hydrogens (tertiary/aromatic N) is 1. The van der Waals surface area contributed by atoms with Gasteiger partial charge in [-0.2, -0.15) is 0 Å². The van der Waals surface area contributed by atoms with E-state index in [1.54, 1.807) is 7.11 Å². The molecule has 0 atom stereocenters. The van der Waals surface area contributed by atoms with Gasteiger partial charge in [0.2, 0.25) is 0 Å². The minimum Gasteiger partial charge on any atom is -0.385 e. The second-order valence-corrected chi connectivity index (χ2v) is 4.82. The average molecular weight is 267 g/mol. The molecule has 1 aromatic carbocycles. The molecule has 1 N–H and O–H groups in total. The molecule has 0 spiro atoms. The Balaban J connectivity index is 2.35. The number of rotatable bonds is 6. The molecule has 0 aliphatic carbocycles. The molecule has 0 aliphatic heterocycles. The third kappa shape index (κ3) is 2.86. The molecule has 0 saturated carbocycles. The first-order chi connectivity index (χ1) is 8.76. The van der Waals surface area contributed by atoms with Gasteiger partial charge >= 0.3 is 0 Å². The smallest absolute Gasteiger partial charge is 0.0498 e. The van der Waals surface area contributed by atoms with E-state index < -0.39 is 0 Å². The van der Waals surface area contributed by atoms with Crippen LogP contribution in [-0.4, -0.2) is 25.3 Å². The maximum atomic E-state index is 6.08. The second kappa shape index (κ2) is 6.23. The first-order valence-electron chi connectivity index (χ1n) is 6.17. The van der Waals surface area contributed by atoms with Crippen molar-refractivity contribution in [2.45, 2.75) is 19.5 Å². The topological polar surface area (TPSA) is 26.2 Å². The maximum absolute atomic E-state index is 6.08. The number of halogens is 1. The summed E-state index contributed by atoms with van der Waals surface area (Å²) in [5.41, 5.74) is 2.51. The third-order valence-electron chi connectivity index (χ3n) is 3.04. The van der Waals surface area contributed by atoms with Gasteiger partial charge in [-0.1, -0.05) is 17.7 Å². The van der Waals surface area contributed by atoms with E-state index in [0.29, 0.717) is 0 Å². The molecule has 4 heteroatoms. The Labute approximate surface area is 113 Å². The molecule has 98 valence electrons. The van der Waals surface area contributed by atoms with Gasteiger partial charge in [0.05, 0.1) is 0 Å². The molecule has 3 nitrogen and oxygen atoms in total. The average Bonchev–Trinajstić information content (AvgIpc) is 2.68. The van der Waals surface area contributed by atoms with Crippen molar-refractivity contribution in [3.63, 3.8) is 0 Å². The Bertz CT molecular complexity index is 522. The fraction of sp³-hybridized carbons (Fsp3) is 0.429. The number of hydrogen-bond donors (Lipinski definition) is 1. The van der Waals surface area contributed by atoms with E-state index in [9.17, 15) is 0 Å². The highest BCUT2D eigenvalue weighted by Gasteiger charge is 2.08. The standard InChI is InChI=1S/C14H19ClN2O/c1-16-9-11-10-17(6-3-7-18-2)14-8-12(15)4-5-13(11)14/h4-5,8,10,16H,3,6-7,9H2,1-2H3. The van der Waals surface area contributed by atoms with E-state index in [1.807, 2.05) is 19.2 Å². The maximum Gasteiger partial charge on any atom is 0.0498 e. The monoisotopic (exact) mass is 266 g/mol. The van der Waals surface area contributed by atoms with Crippen LogP contribution < -0.4 is 5.32 Å². The van der Waals surface area contributed by atoms with Crippen LogP contribution in [-0.2, 0) is 17.8 Å². The zero-order valence-corrected chi connectivity index (χ0v) is 11.6. The summed E-state index contributed by atoms with van der Waals surface area (Å²) < 4.78 is 7.36. The van der Waals surface area contributed by atoms with Gasteiger partial charge in [0.25, 0.3) is 0 Å². The first-order valence-corrected chi connectivity index (χ1v) is 6.55. The highest BCUT2D eigenvalue weighted by Crippen LogP contribution is 2.25. The number of aromatic nitrogens is 1. The van der Waals surface area contributed by atoms with Crippen molar-refractivity contribution in [3.05, 3.63) is 35.0 Å². The molecule has 0 fully saturated rings. The van der Waals surface area contributed by atoms with Crippen LogP contribution in [0.1, 0.15) is 12.0 Å². The van der Waals surface area contributed by atoms with E-state index in [0.717, 1.165) is 31.1 Å². The number of methoxy groups -OCH3 is 1. The van der Waals surface area contributed by atoms with Crippen LogP contribution in [0.4, 0.5) is 0 Å². The summed E-state index contributed by atoms with van der Waals surface area (Å²) >= 11 is 6.08. The lowest BCUT2D eigenvalue weighted by atomic mass is 10.2. The van der Waals surface area contributed by atoms with Crippen molar-refractivity contribution in [2.75, 3.05) is 20.8 Å². The molecule has 2 rings (SSSR count). The quantitative estimate of drug-likeness (QED) is 0.814. The van der Waals surface area contributed by atoms with Crippen LogP contribution >= 0.6 is 11.6 Å². The molecule has 18 heavy (non-hydrogen) atoms. The number of nitrogens with one attached hydrogen (secondary N) is 1. The fourth-order valence-electron chi connectivity index (χ4n) is 2.24. The fourth-order valence-corrected chi connectivity index (χ4v) is 2.40. The summed E-state index contributed by atoms with van der Waals surface area (Å²) in [4.78, 5) is 0. The molecule has 1 aromatic heterocycles. The Morgan fingerprint density at radius 1 is 1.39 bits per heavy atom. The zero-order chi connectivity index (χ0) is 13.0.